The summed E-state index contributed by atoms with van der Waals surface area (Å²) >= 11 is 0. The van der Waals surface area contributed by atoms with E-state index in [0.29, 0.717) is 25.3 Å². The van der Waals surface area contributed by atoms with Gasteiger partial charge in [-0.25, -0.2) is 0 Å². The summed E-state index contributed by atoms with van der Waals surface area (Å²) in [5.41, 5.74) is 0. The molecule has 4 heteroatoms. The average Bonchev–Trinajstić information content (AvgIpc) is 2.64. The number of rotatable bonds is 16. The van der Waals surface area contributed by atoms with Crippen molar-refractivity contribution in [1.82, 2.24) is 0 Å². The molecule has 0 saturated heterocycles. The van der Waals surface area contributed by atoms with E-state index in [-0.39, 0.29) is 0 Å². The number of hydrogen-bond donors (Lipinski definition) is 0. The second-order valence-corrected chi connectivity index (χ2v) is 9.98. The maximum atomic E-state index is 13.0. The van der Waals surface area contributed by atoms with Crippen LogP contribution in [0.15, 0.2) is 0 Å². The number of unbranched alkanes of at least 4 members (excludes halogenated alkanes) is 8. The minimum atomic E-state index is -2.87. The van der Waals surface area contributed by atoms with Crippen LogP contribution in [0.25, 0.3) is 0 Å². The van der Waals surface area contributed by atoms with Crippen LogP contribution in [0.2, 0.25) is 0 Å². The smallest absolute Gasteiger partial charge is 0.309 e. The highest BCUT2D eigenvalue weighted by molar-refractivity contribution is 7.53. The first kappa shape index (κ1) is 23.2. The molecule has 0 aromatic carbocycles. The standard InChI is InChI=1S/C21H43O3P/c1-3-5-7-8-9-10-11-15-18-23-25(22,19-6-4-2)24-20-21-16-13-12-14-17-21/h21H,3-20H2,1-2H3. The van der Waals surface area contributed by atoms with Crippen molar-refractivity contribution in [2.24, 2.45) is 5.92 Å². The highest BCUT2D eigenvalue weighted by Crippen LogP contribution is 2.50. The first-order chi connectivity index (χ1) is 12.2. The molecule has 0 N–H and O–H groups in total. The van der Waals surface area contributed by atoms with Crippen LogP contribution in [0.1, 0.15) is 110 Å². The topological polar surface area (TPSA) is 35.5 Å². The van der Waals surface area contributed by atoms with Crippen molar-refractivity contribution in [1.29, 1.82) is 0 Å². The summed E-state index contributed by atoms with van der Waals surface area (Å²) in [6.45, 7) is 5.62. The maximum absolute atomic E-state index is 13.0. The third-order valence-corrected chi connectivity index (χ3v) is 7.29. The van der Waals surface area contributed by atoms with Gasteiger partial charge in [-0.15, -0.1) is 0 Å². The molecule has 3 nitrogen and oxygen atoms in total. The predicted octanol–water partition coefficient (Wildman–Crippen LogP) is 7.73. The van der Waals surface area contributed by atoms with Gasteiger partial charge in [-0.1, -0.05) is 84.5 Å². The van der Waals surface area contributed by atoms with Gasteiger partial charge in [0.2, 0.25) is 0 Å². The lowest BCUT2D eigenvalue weighted by Crippen LogP contribution is -2.14. The van der Waals surface area contributed by atoms with Crippen LogP contribution < -0.4 is 0 Å². The van der Waals surface area contributed by atoms with Crippen LogP contribution in [-0.4, -0.2) is 19.4 Å². The zero-order valence-corrected chi connectivity index (χ0v) is 17.9. The molecule has 150 valence electrons. The van der Waals surface area contributed by atoms with Crippen molar-refractivity contribution in [2.75, 3.05) is 19.4 Å². The Kier molecular flexibility index (Phi) is 14.1. The third kappa shape index (κ3) is 12.2. The van der Waals surface area contributed by atoms with Crippen molar-refractivity contribution in [3.05, 3.63) is 0 Å². The first-order valence-corrected chi connectivity index (χ1v) is 12.8. The molecule has 0 aliphatic heterocycles. The average molecular weight is 375 g/mol. The monoisotopic (exact) mass is 374 g/mol. The van der Waals surface area contributed by atoms with Crippen LogP contribution in [0.4, 0.5) is 0 Å². The van der Waals surface area contributed by atoms with Gasteiger partial charge in [-0.2, -0.15) is 0 Å². The molecule has 0 spiro atoms. The van der Waals surface area contributed by atoms with Gasteiger partial charge in [0, 0.05) is 0 Å². The Morgan fingerprint density at radius 2 is 1.36 bits per heavy atom. The molecular formula is C21H43O3P. The molecule has 1 rings (SSSR count). The van der Waals surface area contributed by atoms with Gasteiger partial charge in [0.05, 0.1) is 19.4 Å². The normalized spacial score (nSPS) is 18.3. The van der Waals surface area contributed by atoms with Crippen molar-refractivity contribution < 1.29 is 13.6 Å². The van der Waals surface area contributed by atoms with Crippen molar-refractivity contribution in [3.8, 4) is 0 Å². The fourth-order valence-electron chi connectivity index (χ4n) is 3.53. The molecule has 0 bridgehead atoms. The molecule has 1 aliphatic carbocycles. The molecule has 1 aliphatic rings. The highest BCUT2D eigenvalue weighted by Gasteiger charge is 2.26. The Bertz CT molecular complexity index is 340. The SMILES string of the molecule is CCCCCCCCCCOP(=O)(CCCC)OCC1CCCCC1. The van der Waals surface area contributed by atoms with E-state index in [4.69, 9.17) is 9.05 Å². The molecule has 0 aromatic rings. The van der Waals surface area contributed by atoms with Gasteiger partial charge in [-0.05, 0) is 31.6 Å². The van der Waals surface area contributed by atoms with E-state index in [2.05, 4.69) is 13.8 Å². The summed E-state index contributed by atoms with van der Waals surface area (Å²) in [6.07, 6.45) is 19.1. The highest BCUT2D eigenvalue weighted by atomic mass is 31.2. The van der Waals surface area contributed by atoms with E-state index in [1.54, 1.807) is 0 Å². The first-order valence-electron chi connectivity index (χ1n) is 11.1. The zero-order valence-electron chi connectivity index (χ0n) is 17.0. The van der Waals surface area contributed by atoms with Gasteiger partial charge in [0.15, 0.2) is 0 Å². The van der Waals surface area contributed by atoms with Crippen molar-refractivity contribution >= 4 is 7.60 Å². The quantitative estimate of drug-likeness (QED) is 0.205. The van der Waals surface area contributed by atoms with E-state index in [1.807, 2.05) is 0 Å². The lowest BCUT2D eigenvalue weighted by molar-refractivity contribution is 0.159. The van der Waals surface area contributed by atoms with E-state index in [1.165, 1.54) is 77.0 Å². The van der Waals surface area contributed by atoms with E-state index in [9.17, 15) is 4.57 Å². The summed E-state index contributed by atoms with van der Waals surface area (Å²) in [6, 6.07) is 0. The summed E-state index contributed by atoms with van der Waals surface area (Å²) in [7, 11) is -2.87. The van der Waals surface area contributed by atoms with E-state index in [0.717, 1.165) is 19.3 Å². The lowest BCUT2D eigenvalue weighted by atomic mass is 9.90. The summed E-state index contributed by atoms with van der Waals surface area (Å²) in [5.74, 6) is 0.593. The van der Waals surface area contributed by atoms with Crippen LogP contribution in [0.3, 0.4) is 0 Å². The Labute approximate surface area is 157 Å². The van der Waals surface area contributed by atoms with Gasteiger partial charge in [0.1, 0.15) is 0 Å². The molecule has 1 saturated carbocycles. The van der Waals surface area contributed by atoms with Gasteiger partial charge < -0.3 is 9.05 Å². The van der Waals surface area contributed by atoms with Gasteiger partial charge in [0.25, 0.3) is 0 Å². The Morgan fingerprint density at radius 3 is 2.00 bits per heavy atom. The molecule has 1 fully saturated rings. The molecule has 0 radical (unpaired) electrons. The van der Waals surface area contributed by atoms with Crippen molar-refractivity contribution in [3.63, 3.8) is 0 Å². The summed E-state index contributed by atoms with van der Waals surface area (Å²) in [4.78, 5) is 0. The lowest BCUT2D eigenvalue weighted by Gasteiger charge is -2.25. The van der Waals surface area contributed by atoms with Crippen LogP contribution in [-0.2, 0) is 13.6 Å². The largest absolute Gasteiger partial charge is 0.330 e. The molecule has 1 unspecified atom stereocenters. The number of hydrogen-bond acceptors (Lipinski definition) is 3. The third-order valence-electron chi connectivity index (χ3n) is 5.30. The molecule has 25 heavy (non-hydrogen) atoms. The maximum Gasteiger partial charge on any atom is 0.330 e. The minimum absolute atomic E-state index is 0.591. The Hall–Kier alpha value is 0.150. The van der Waals surface area contributed by atoms with Gasteiger partial charge in [-0.3, -0.25) is 4.57 Å². The second kappa shape index (κ2) is 15.2. The zero-order chi connectivity index (χ0) is 18.2. The van der Waals surface area contributed by atoms with Crippen LogP contribution >= 0.6 is 7.60 Å². The molecular weight excluding hydrogens is 331 g/mol. The van der Waals surface area contributed by atoms with Crippen LogP contribution in [0.5, 0.6) is 0 Å². The predicted molar refractivity (Wildman–Crippen MR) is 108 cm³/mol. The Morgan fingerprint density at radius 1 is 0.760 bits per heavy atom. The molecule has 0 heterocycles. The molecule has 0 aromatic heterocycles. The fourth-order valence-corrected chi connectivity index (χ4v) is 5.41. The van der Waals surface area contributed by atoms with Crippen LogP contribution in [0, 0.1) is 5.92 Å². The minimum Gasteiger partial charge on any atom is -0.309 e. The van der Waals surface area contributed by atoms with E-state index < -0.39 is 7.60 Å². The van der Waals surface area contributed by atoms with Crippen molar-refractivity contribution in [2.45, 2.75) is 110 Å². The van der Waals surface area contributed by atoms with Gasteiger partial charge >= 0.3 is 7.60 Å². The Balaban J connectivity index is 2.16. The van der Waals surface area contributed by atoms with E-state index >= 15 is 0 Å². The molecule has 1 atom stereocenters. The fraction of sp³-hybridized carbons (Fsp3) is 1.00. The summed E-state index contributed by atoms with van der Waals surface area (Å²) in [5, 5.41) is 0. The second-order valence-electron chi connectivity index (χ2n) is 7.80. The summed E-state index contributed by atoms with van der Waals surface area (Å²) < 4.78 is 24.7. The molecule has 0 amide bonds.